The van der Waals surface area contributed by atoms with Crippen molar-refractivity contribution in [2.75, 3.05) is 19.5 Å². The predicted molar refractivity (Wildman–Crippen MR) is 91.2 cm³/mol. The highest BCUT2D eigenvalue weighted by Gasteiger charge is 2.10. The fraction of sp³-hybridized carbons (Fsp3) is 0.133. The summed E-state index contributed by atoms with van der Waals surface area (Å²) in [4.78, 5) is 14.8. The maximum atomic E-state index is 10.8. The molecule has 0 amide bonds. The van der Waals surface area contributed by atoms with Crippen LogP contribution in [0.25, 0.3) is 0 Å². The van der Waals surface area contributed by atoms with E-state index < -0.39 is 0 Å². The van der Waals surface area contributed by atoms with Gasteiger partial charge in [-0.25, -0.2) is 4.98 Å². The van der Waals surface area contributed by atoms with Crippen LogP contribution in [0.4, 0.5) is 11.4 Å². The van der Waals surface area contributed by atoms with E-state index in [-0.39, 0.29) is 5.71 Å². The Morgan fingerprint density at radius 1 is 1.41 bits per heavy atom. The first-order chi connectivity index (χ1) is 10.6. The number of nitrogens with one attached hydrogen (secondary N) is 2. The highest BCUT2D eigenvalue weighted by atomic mass is 79.9. The molecule has 0 saturated heterocycles. The van der Waals surface area contributed by atoms with Crippen molar-refractivity contribution in [3.8, 4) is 5.88 Å². The first-order valence-corrected chi connectivity index (χ1v) is 7.12. The van der Waals surface area contributed by atoms with Gasteiger partial charge >= 0.3 is 0 Å². The molecule has 116 valence electrons. The molecular weight excluding hydrogens is 348 g/mol. The Kier molecular flexibility index (Phi) is 7.21. The average molecular weight is 365 g/mol. The molecule has 2 rings (SSSR count). The Balaban J connectivity index is 0.00000116. The lowest BCUT2D eigenvalue weighted by molar-refractivity contribution is -0.102. The number of pyridine rings is 1. The number of rotatable bonds is 5. The van der Waals surface area contributed by atoms with Gasteiger partial charge in [-0.3, -0.25) is 10.2 Å². The van der Waals surface area contributed by atoms with Crippen LogP contribution < -0.4 is 15.8 Å². The average Bonchev–Trinajstić information content (AvgIpc) is 2.56. The third kappa shape index (κ3) is 4.64. The summed E-state index contributed by atoms with van der Waals surface area (Å²) in [5, 5.41) is 10.8. The van der Waals surface area contributed by atoms with E-state index in [1.54, 1.807) is 6.07 Å². The van der Waals surface area contributed by atoms with Gasteiger partial charge in [-0.05, 0) is 25.2 Å². The van der Waals surface area contributed by atoms with E-state index in [2.05, 4.69) is 32.0 Å². The third-order valence-electron chi connectivity index (χ3n) is 2.60. The molecule has 1 heterocycles. The van der Waals surface area contributed by atoms with Gasteiger partial charge < -0.3 is 15.8 Å². The quantitative estimate of drug-likeness (QED) is 0.559. The molecule has 0 saturated carbocycles. The Hall–Kier alpha value is -2.25. The molecule has 1 aromatic heterocycles. The Morgan fingerprint density at radius 2 is 2.14 bits per heavy atom. The van der Waals surface area contributed by atoms with Gasteiger partial charge in [0.05, 0.1) is 12.8 Å². The second-order valence-corrected chi connectivity index (χ2v) is 4.85. The van der Waals surface area contributed by atoms with Crippen molar-refractivity contribution < 1.29 is 9.53 Å². The molecule has 22 heavy (non-hydrogen) atoms. The number of benzene rings is 1. The summed E-state index contributed by atoms with van der Waals surface area (Å²) < 4.78 is 5.99. The normalized spacial score (nSPS) is 9.27. The molecule has 6 nitrogen and oxygen atoms in total. The van der Waals surface area contributed by atoms with E-state index >= 15 is 0 Å². The van der Waals surface area contributed by atoms with Crippen LogP contribution in [0.2, 0.25) is 0 Å². The Bertz CT molecular complexity index is 662. The summed E-state index contributed by atoms with van der Waals surface area (Å²) >= 11 is 3.39. The monoisotopic (exact) mass is 364 g/mol. The molecule has 0 radical (unpaired) electrons. The fourth-order valence-electron chi connectivity index (χ4n) is 1.65. The minimum Gasteiger partial charge on any atom is -0.481 e. The van der Waals surface area contributed by atoms with Crippen LogP contribution in [0, 0.1) is 5.41 Å². The smallest absolute Gasteiger partial charge is 0.215 e. The van der Waals surface area contributed by atoms with E-state index in [1.165, 1.54) is 20.4 Å². The van der Waals surface area contributed by atoms with Crippen LogP contribution >= 0.6 is 15.9 Å². The highest BCUT2D eigenvalue weighted by Crippen LogP contribution is 2.25. The molecule has 0 bridgehead atoms. The number of hydrogen-bond acceptors (Lipinski definition) is 6. The molecule has 0 aliphatic carbocycles. The second-order valence-electron chi connectivity index (χ2n) is 3.94. The summed E-state index contributed by atoms with van der Waals surface area (Å²) in [5.74, 6) is 0.407. The number of aromatic nitrogens is 1. The molecule has 4 N–H and O–H groups in total. The van der Waals surface area contributed by atoms with Crippen molar-refractivity contribution >= 4 is 39.3 Å². The van der Waals surface area contributed by atoms with Crippen LogP contribution in [0.1, 0.15) is 5.56 Å². The fourth-order valence-corrected chi connectivity index (χ4v) is 2.05. The lowest BCUT2D eigenvalue weighted by atomic mass is 10.1. The Morgan fingerprint density at radius 3 is 2.73 bits per heavy atom. The predicted octanol–water partition coefficient (Wildman–Crippen LogP) is 2.74. The van der Waals surface area contributed by atoms with Crippen molar-refractivity contribution in [2.45, 2.75) is 0 Å². The topological polar surface area (TPSA) is 101 Å². The van der Waals surface area contributed by atoms with Crippen LogP contribution in [-0.2, 0) is 4.79 Å². The van der Waals surface area contributed by atoms with Crippen molar-refractivity contribution in [3.63, 3.8) is 0 Å². The molecule has 0 atom stereocenters. The number of halogens is 1. The van der Waals surface area contributed by atoms with Gasteiger partial charge in [0.2, 0.25) is 5.88 Å². The standard InChI is InChI=1S/C14H12BrN3O2.CH5N/c1-20-14-6-13(11(7-17-14)12(16)8-19)18-10-4-2-3-9(15)5-10;1-2/h2-8,16H,1H3,(H,17,18);2H2,1H3. The van der Waals surface area contributed by atoms with Crippen LogP contribution in [0.5, 0.6) is 5.88 Å². The highest BCUT2D eigenvalue weighted by molar-refractivity contribution is 9.10. The van der Waals surface area contributed by atoms with Crippen LogP contribution in [0.3, 0.4) is 0 Å². The molecule has 0 aliphatic heterocycles. The lowest BCUT2D eigenvalue weighted by Gasteiger charge is -2.12. The number of ether oxygens (including phenoxy) is 1. The first-order valence-electron chi connectivity index (χ1n) is 6.32. The largest absolute Gasteiger partial charge is 0.481 e. The molecule has 0 aliphatic rings. The second kappa shape index (κ2) is 8.91. The van der Waals surface area contributed by atoms with Crippen molar-refractivity contribution in [2.24, 2.45) is 5.73 Å². The summed E-state index contributed by atoms with van der Waals surface area (Å²) in [6, 6.07) is 9.21. The summed E-state index contributed by atoms with van der Waals surface area (Å²) in [6.45, 7) is 0. The van der Waals surface area contributed by atoms with Crippen LogP contribution in [-0.4, -0.2) is 31.1 Å². The van der Waals surface area contributed by atoms with Crippen LogP contribution in [0.15, 0.2) is 41.0 Å². The molecule has 1 aromatic carbocycles. The zero-order chi connectivity index (χ0) is 16.5. The number of hydrogen-bond donors (Lipinski definition) is 3. The number of methoxy groups -OCH3 is 1. The minimum absolute atomic E-state index is 0.141. The summed E-state index contributed by atoms with van der Waals surface area (Å²) in [7, 11) is 3.01. The zero-order valence-corrected chi connectivity index (χ0v) is 13.8. The van der Waals surface area contributed by atoms with Gasteiger partial charge in [-0.2, -0.15) is 0 Å². The number of aldehydes is 1. The minimum atomic E-state index is -0.141. The zero-order valence-electron chi connectivity index (χ0n) is 12.3. The van der Waals surface area contributed by atoms with E-state index in [0.29, 0.717) is 23.4 Å². The van der Waals surface area contributed by atoms with Crippen molar-refractivity contribution in [3.05, 3.63) is 46.6 Å². The van der Waals surface area contributed by atoms with E-state index in [4.69, 9.17) is 10.1 Å². The SMILES string of the molecule is CN.COc1cc(Nc2cccc(Br)c2)c(C(=N)C=O)cn1. The molecule has 0 unspecified atom stereocenters. The Labute approximate surface area is 137 Å². The van der Waals surface area contributed by atoms with Gasteiger partial charge in [0.15, 0.2) is 6.29 Å². The number of nitrogens with two attached hydrogens (primary N) is 1. The van der Waals surface area contributed by atoms with Gasteiger partial charge in [0, 0.05) is 28.0 Å². The van der Waals surface area contributed by atoms with Crippen molar-refractivity contribution in [1.82, 2.24) is 4.98 Å². The van der Waals surface area contributed by atoms with E-state index in [1.807, 2.05) is 24.3 Å². The first kappa shape index (κ1) is 17.8. The summed E-state index contributed by atoms with van der Waals surface area (Å²) in [6.07, 6.45) is 1.92. The van der Waals surface area contributed by atoms with Gasteiger partial charge in [-0.1, -0.05) is 22.0 Å². The number of nitrogens with zero attached hydrogens (tertiary/aromatic N) is 1. The maximum absolute atomic E-state index is 10.8. The molecule has 0 spiro atoms. The van der Waals surface area contributed by atoms with E-state index in [9.17, 15) is 4.79 Å². The third-order valence-corrected chi connectivity index (χ3v) is 3.09. The van der Waals surface area contributed by atoms with Gasteiger partial charge in [-0.15, -0.1) is 0 Å². The number of carbonyl (C=O) groups is 1. The lowest BCUT2D eigenvalue weighted by Crippen LogP contribution is -2.06. The summed E-state index contributed by atoms with van der Waals surface area (Å²) in [5.41, 5.74) is 6.19. The van der Waals surface area contributed by atoms with Crippen molar-refractivity contribution in [1.29, 1.82) is 5.41 Å². The van der Waals surface area contributed by atoms with Gasteiger partial charge in [0.25, 0.3) is 0 Å². The molecule has 7 heteroatoms. The molecular formula is C15H17BrN4O2. The van der Waals surface area contributed by atoms with E-state index in [0.717, 1.165) is 10.2 Å². The number of anilines is 2. The van der Waals surface area contributed by atoms with Gasteiger partial charge in [0.1, 0.15) is 5.71 Å². The maximum Gasteiger partial charge on any atom is 0.215 e. The number of carbonyl (C=O) groups excluding carboxylic acids is 1. The molecule has 0 fully saturated rings. The molecule has 2 aromatic rings.